The van der Waals surface area contributed by atoms with Gasteiger partial charge in [-0.25, -0.2) is 9.78 Å². The second-order valence-corrected chi connectivity index (χ2v) is 12.2. The molecule has 1 aromatic carbocycles. The van der Waals surface area contributed by atoms with Crippen molar-refractivity contribution in [3.63, 3.8) is 0 Å². The molecule has 2 N–H and O–H groups in total. The Kier molecular flexibility index (Phi) is 11.7. The highest BCUT2D eigenvalue weighted by Crippen LogP contribution is 2.27. The summed E-state index contributed by atoms with van der Waals surface area (Å²) < 4.78 is 12.8. The van der Waals surface area contributed by atoms with Crippen LogP contribution in [0.1, 0.15) is 95.7 Å². The fraction of sp³-hybridized carbons (Fsp3) is 0.515. The lowest BCUT2D eigenvalue weighted by molar-refractivity contribution is -0.155. The predicted octanol–water partition coefficient (Wildman–Crippen LogP) is 5.43. The standard InChI is InChI=1S/C33H45N5O7/c1-9-23(10-2)35-29(40)25-18-24(36-38(25)16-15-27(39)45-33(6,7)8)21-13-12-14-22(17-21)30-34-19-26(44-30)31(41)37(11-3)28(20(4)5)32(42)43/h12-14,17-20,23,28H,9-11,15-16H2,1-8H3,(H,35,40)(H,42,43)/t28-/m0/s1. The van der Waals surface area contributed by atoms with Crippen molar-refractivity contribution in [2.75, 3.05) is 6.54 Å². The number of carbonyl (C=O) groups is 4. The van der Waals surface area contributed by atoms with E-state index in [4.69, 9.17) is 9.15 Å². The number of aromatic nitrogens is 3. The van der Waals surface area contributed by atoms with Gasteiger partial charge < -0.3 is 24.5 Å². The molecular weight excluding hydrogens is 578 g/mol. The van der Waals surface area contributed by atoms with E-state index in [2.05, 4.69) is 15.4 Å². The normalized spacial score (nSPS) is 12.3. The van der Waals surface area contributed by atoms with Gasteiger partial charge in [-0.3, -0.25) is 19.1 Å². The van der Waals surface area contributed by atoms with Crippen LogP contribution in [0.25, 0.3) is 22.7 Å². The minimum atomic E-state index is -1.09. The minimum Gasteiger partial charge on any atom is -0.480 e. The van der Waals surface area contributed by atoms with Crippen molar-refractivity contribution in [1.29, 1.82) is 0 Å². The summed E-state index contributed by atoms with van der Waals surface area (Å²) in [6.07, 6.45) is 2.87. The Labute approximate surface area is 264 Å². The lowest BCUT2D eigenvalue weighted by Crippen LogP contribution is -2.47. The number of benzene rings is 1. The topological polar surface area (TPSA) is 157 Å². The highest BCUT2D eigenvalue weighted by molar-refractivity contribution is 5.95. The largest absolute Gasteiger partial charge is 0.480 e. The molecule has 244 valence electrons. The number of esters is 1. The molecule has 12 nitrogen and oxygen atoms in total. The van der Waals surface area contributed by atoms with Gasteiger partial charge in [0, 0.05) is 23.7 Å². The molecule has 3 aromatic rings. The molecule has 0 radical (unpaired) electrons. The van der Waals surface area contributed by atoms with E-state index in [0.29, 0.717) is 22.5 Å². The average Bonchev–Trinajstić information content (AvgIpc) is 3.64. The number of likely N-dealkylation sites (N-methyl/N-ethyl adjacent to an activating group) is 1. The number of aryl methyl sites for hydroxylation is 1. The molecule has 12 heteroatoms. The van der Waals surface area contributed by atoms with Crippen LogP contribution in [-0.4, -0.2) is 72.8 Å². The van der Waals surface area contributed by atoms with Crippen molar-refractivity contribution in [3.8, 4) is 22.7 Å². The molecule has 2 heterocycles. The van der Waals surface area contributed by atoms with Gasteiger partial charge in [-0.2, -0.15) is 5.10 Å². The monoisotopic (exact) mass is 623 g/mol. The van der Waals surface area contributed by atoms with Crippen LogP contribution in [0.15, 0.2) is 40.9 Å². The van der Waals surface area contributed by atoms with Gasteiger partial charge in [-0.1, -0.05) is 39.8 Å². The first kappa shape index (κ1) is 35.0. The van der Waals surface area contributed by atoms with Crippen LogP contribution in [0.4, 0.5) is 0 Å². The Hall–Kier alpha value is -4.48. The molecular formula is C33H45N5O7. The fourth-order valence-corrected chi connectivity index (χ4v) is 4.96. The van der Waals surface area contributed by atoms with Crippen LogP contribution in [0.2, 0.25) is 0 Å². The summed E-state index contributed by atoms with van der Waals surface area (Å²) in [6.45, 7) is 14.9. The summed E-state index contributed by atoms with van der Waals surface area (Å²) in [4.78, 5) is 56.3. The van der Waals surface area contributed by atoms with Crippen molar-refractivity contribution >= 4 is 23.8 Å². The number of carboxylic acid groups (broad SMARTS) is 1. The number of ether oxygens (including phenoxy) is 1. The minimum absolute atomic E-state index is 0.00429. The van der Waals surface area contributed by atoms with Gasteiger partial charge in [0.15, 0.2) is 0 Å². The van der Waals surface area contributed by atoms with Gasteiger partial charge in [-0.05, 0) is 64.7 Å². The number of nitrogens with one attached hydrogen (secondary N) is 1. The summed E-state index contributed by atoms with van der Waals surface area (Å²) in [5, 5.41) is 17.4. The summed E-state index contributed by atoms with van der Waals surface area (Å²) in [7, 11) is 0. The van der Waals surface area contributed by atoms with Crippen molar-refractivity contribution in [3.05, 3.63) is 48.0 Å². The summed E-state index contributed by atoms with van der Waals surface area (Å²) in [5.74, 6) is -2.56. The SMILES string of the molecule is CCC(CC)NC(=O)c1cc(-c2cccc(-c3ncc(C(=O)N(CC)[C@H](C(=O)O)C(C)C)o3)c2)nn1CCC(=O)OC(C)(C)C. The van der Waals surface area contributed by atoms with Gasteiger partial charge in [0.05, 0.1) is 24.9 Å². The molecule has 1 atom stereocenters. The lowest BCUT2D eigenvalue weighted by atomic mass is 10.0. The molecule has 3 rings (SSSR count). The average molecular weight is 624 g/mol. The van der Waals surface area contributed by atoms with Crippen molar-refractivity contribution in [1.82, 2.24) is 25.0 Å². The summed E-state index contributed by atoms with van der Waals surface area (Å²) in [6, 6.07) is 7.78. The van der Waals surface area contributed by atoms with E-state index in [-0.39, 0.29) is 49.0 Å². The van der Waals surface area contributed by atoms with Crippen LogP contribution in [-0.2, 0) is 20.9 Å². The van der Waals surface area contributed by atoms with Gasteiger partial charge >= 0.3 is 11.9 Å². The van der Waals surface area contributed by atoms with Crippen LogP contribution >= 0.6 is 0 Å². The third-order valence-corrected chi connectivity index (χ3v) is 7.22. The number of oxazole rings is 1. The number of aliphatic carboxylic acids is 1. The van der Waals surface area contributed by atoms with Crippen LogP contribution in [0.5, 0.6) is 0 Å². The zero-order valence-corrected chi connectivity index (χ0v) is 27.4. The highest BCUT2D eigenvalue weighted by Gasteiger charge is 2.33. The van der Waals surface area contributed by atoms with Crippen molar-refractivity contribution in [2.45, 2.75) is 98.9 Å². The maximum Gasteiger partial charge on any atom is 0.326 e. The number of hydrogen-bond acceptors (Lipinski definition) is 8. The number of hydrogen-bond donors (Lipinski definition) is 2. The first-order chi connectivity index (χ1) is 21.2. The molecule has 0 aliphatic heterocycles. The third-order valence-electron chi connectivity index (χ3n) is 7.22. The lowest BCUT2D eigenvalue weighted by Gasteiger charge is -2.29. The predicted molar refractivity (Wildman–Crippen MR) is 168 cm³/mol. The van der Waals surface area contributed by atoms with E-state index in [9.17, 15) is 24.3 Å². The Morgan fingerprint density at radius 1 is 1.07 bits per heavy atom. The molecule has 2 amide bonds. The zero-order chi connectivity index (χ0) is 33.5. The van der Waals surface area contributed by atoms with E-state index in [1.165, 1.54) is 15.8 Å². The molecule has 0 aliphatic carbocycles. The first-order valence-electron chi connectivity index (χ1n) is 15.4. The number of nitrogens with zero attached hydrogens (tertiary/aromatic N) is 4. The molecule has 45 heavy (non-hydrogen) atoms. The molecule has 0 aliphatic rings. The van der Waals surface area contributed by atoms with E-state index in [1.807, 2.05) is 19.9 Å². The third kappa shape index (κ3) is 9.02. The summed E-state index contributed by atoms with van der Waals surface area (Å²) >= 11 is 0. The first-order valence-corrected chi connectivity index (χ1v) is 15.4. The molecule has 0 saturated heterocycles. The van der Waals surface area contributed by atoms with Gasteiger partial charge in [0.2, 0.25) is 11.7 Å². The Morgan fingerprint density at radius 2 is 1.73 bits per heavy atom. The maximum absolute atomic E-state index is 13.3. The smallest absolute Gasteiger partial charge is 0.326 e. The number of amides is 2. The second-order valence-electron chi connectivity index (χ2n) is 12.2. The maximum atomic E-state index is 13.3. The quantitative estimate of drug-likeness (QED) is 0.224. The van der Waals surface area contributed by atoms with Crippen LogP contribution < -0.4 is 5.32 Å². The van der Waals surface area contributed by atoms with Gasteiger partial charge in [0.1, 0.15) is 17.3 Å². The zero-order valence-electron chi connectivity index (χ0n) is 27.4. The molecule has 0 fully saturated rings. The fourth-order valence-electron chi connectivity index (χ4n) is 4.96. The van der Waals surface area contributed by atoms with E-state index in [1.54, 1.807) is 65.8 Å². The second kappa shape index (κ2) is 15.0. The van der Waals surface area contributed by atoms with E-state index < -0.39 is 29.5 Å². The molecule has 0 saturated carbocycles. The van der Waals surface area contributed by atoms with Gasteiger partial charge in [0.25, 0.3) is 11.8 Å². The van der Waals surface area contributed by atoms with E-state index in [0.717, 1.165) is 12.8 Å². The van der Waals surface area contributed by atoms with Gasteiger partial charge in [-0.15, -0.1) is 0 Å². The van der Waals surface area contributed by atoms with E-state index >= 15 is 0 Å². The Balaban J connectivity index is 1.93. The Bertz CT molecular complexity index is 1500. The number of carbonyl (C=O) groups excluding carboxylic acids is 3. The van der Waals surface area contributed by atoms with Crippen molar-refractivity contribution < 1.29 is 33.4 Å². The molecule has 0 bridgehead atoms. The molecule has 0 spiro atoms. The number of rotatable bonds is 14. The summed E-state index contributed by atoms with van der Waals surface area (Å²) in [5.41, 5.74) is 1.39. The highest BCUT2D eigenvalue weighted by atomic mass is 16.6. The van der Waals surface area contributed by atoms with Crippen LogP contribution in [0, 0.1) is 5.92 Å². The Morgan fingerprint density at radius 3 is 2.31 bits per heavy atom. The molecule has 2 aromatic heterocycles. The molecule has 0 unspecified atom stereocenters. The van der Waals surface area contributed by atoms with Crippen molar-refractivity contribution in [2.24, 2.45) is 5.92 Å². The van der Waals surface area contributed by atoms with Crippen LogP contribution in [0.3, 0.4) is 0 Å². The number of carboxylic acids is 1.